The smallest absolute Gasteiger partial charge is 0.508 e. The van der Waals surface area contributed by atoms with Crippen molar-refractivity contribution in [1.82, 2.24) is 10.6 Å². The van der Waals surface area contributed by atoms with Gasteiger partial charge < -0.3 is 32.6 Å². The van der Waals surface area contributed by atoms with Gasteiger partial charge in [-0.05, 0) is 47.9 Å². The Bertz CT molecular complexity index is 1320. The molecule has 4 aromatic rings. The van der Waals surface area contributed by atoms with Gasteiger partial charge in [0.25, 0.3) is 0 Å². The van der Waals surface area contributed by atoms with Gasteiger partial charge in [0.1, 0.15) is 11.5 Å². The van der Waals surface area contributed by atoms with Gasteiger partial charge in [-0.2, -0.15) is 28.8 Å². The molecule has 4 N–H and O–H groups in total. The molecule has 2 aliphatic heterocycles. The van der Waals surface area contributed by atoms with Crippen LogP contribution in [0.2, 0.25) is 0 Å². The summed E-state index contributed by atoms with van der Waals surface area (Å²) in [6, 6.07) is 31.5. The van der Waals surface area contributed by atoms with Crippen LogP contribution in [0.5, 0.6) is 11.5 Å². The predicted molar refractivity (Wildman–Crippen MR) is 157 cm³/mol. The first kappa shape index (κ1) is 28.6. The number of phenolic OH excluding ortho intramolecular Hbond substituents is 2. The Balaban J connectivity index is 0.000000173. The van der Waals surface area contributed by atoms with E-state index in [1.165, 1.54) is 21.9 Å². The van der Waals surface area contributed by atoms with Gasteiger partial charge in [0.05, 0.1) is 0 Å². The summed E-state index contributed by atoms with van der Waals surface area (Å²) in [5.74, 6) is 2.92. The first-order chi connectivity index (χ1) is 18.2. The average Bonchev–Trinajstić information content (AvgIpc) is 3.65. The van der Waals surface area contributed by atoms with Crippen molar-refractivity contribution < 1.29 is 29.7 Å². The van der Waals surface area contributed by atoms with E-state index in [4.69, 9.17) is 0 Å². The minimum Gasteiger partial charge on any atom is -0.508 e. The fourth-order valence-electron chi connectivity index (χ4n) is 4.50. The number of para-hydroxylation sites is 2. The molecule has 0 atom stereocenters. The summed E-state index contributed by atoms with van der Waals surface area (Å²) in [4.78, 5) is 0. The number of aromatic hydroxyl groups is 2. The maximum absolute atomic E-state index is 10.0. The maximum Gasteiger partial charge on any atom is 2.00 e. The number of phenols is 2. The molecule has 0 amide bonds. The molecule has 7 heteroatoms. The third-order valence-electron chi connectivity index (χ3n) is 6.26. The number of thioether (sulfide) groups is 2. The molecule has 0 aromatic heterocycles. The minimum atomic E-state index is 0. The predicted octanol–water partition coefficient (Wildman–Crippen LogP) is 6.66. The molecule has 0 spiro atoms. The molecular formula is C31H30N2O2S2Zn. The van der Waals surface area contributed by atoms with E-state index in [9.17, 15) is 10.2 Å². The van der Waals surface area contributed by atoms with Crippen LogP contribution in [0, 0.1) is 10.7 Å². The van der Waals surface area contributed by atoms with Crippen molar-refractivity contribution in [2.45, 2.75) is 6.42 Å². The van der Waals surface area contributed by atoms with Crippen LogP contribution in [-0.2, 0) is 25.9 Å². The zero-order chi connectivity index (χ0) is 25.5. The topological polar surface area (TPSA) is 64.5 Å². The molecule has 2 aliphatic rings. The van der Waals surface area contributed by atoms with Gasteiger partial charge in [0, 0.05) is 5.56 Å². The van der Waals surface area contributed by atoms with Crippen molar-refractivity contribution in [3.05, 3.63) is 119 Å². The zero-order valence-electron chi connectivity index (χ0n) is 21.2. The third-order valence-corrected chi connectivity index (χ3v) is 8.37. The van der Waals surface area contributed by atoms with Crippen molar-refractivity contribution >= 4 is 23.5 Å². The first-order valence-corrected chi connectivity index (χ1v) is 14.4. The second kappa shape index (κ2) is 14.1. The molecule has 0 radical (unpaired) electrons. The van der Waals surface area contributed by atoms with E-state index in [0.29, 0.717) is 11.5 Å². The van der Waals surface area contributed by atoms with E-state index >= 15 is 0 Å². The Labute approximate surface area is 246 Å². The van der Waals surface area contributed by atoms with Gasteiger partial charge in [0.15, 0.2) is 0 Å². The van der Waals surface area contributed by atoms with Gasteiger partial charge in [0.2, 0.25) is 0 Å². The molecule has 2 saturated heterocycles. The Kier molecular flexibility index (Phi) is 10.6. The van der Waals surface area contributed by atoms with E-state index in [1.807, 2.05) is 78.1 Å². The summed E-state index contributed by atoms with van der Waals surface area (Å²) in [6.07, 6.45) is 0.912. The molecule has 0 bridgehead atoms. The zero-order valence-corrected chi connectivity index (χ0v) is 25.8. The fourth-order valence-corrected chi connectivity index (χ4v) is 6.36. The molecule has 0 aliphatic carbocycles. The van der Waals surface area contributed by atoms with E-state index < -0.39 is 0 Å². The van der Waals surface area contributed by atoms with E-state index in [1.54, 1.807) is 12.1 Å². The summed E-state index contributed by atoms with van der Waals surface area (Å²) >= 11 is 3.72. The van der Waals surface area contributed by atoms with Crippen molar-refractivity contribution in [3.8, 4) is 33.8 Å². The van der Waals surface area contributed by atoms with Crippen molar-refractivity contribution in [2.75, 3.05) is 24.6 Å². The second-order valence-electron chi connectivity index (χ2n) is 8.72. The van der Waals surface area contributed by atoms with Crippen LogP contribution in [0.1, 0.15) is 11.1 Å². The summed E-state index contributed by atoms with van der Waals surface area (Å²) in [5, 5.41) is 29.4. The normalized spacial score (nSPS) is 15.0. The quantitative estimate of drug-likeness (QED) is 0.154. The maximum atomic E-state index is 10.0. The second-order valence-corrected chi connectivity index (χ2v) is 11.0. The van der Waals surface area contributed by atoms with E-state index in [2.05, 4.69) is 41.0 Å². The summed E-state index contributed by atoms with van der Waals surface area (Å²) in [5.41, 5.74) is 6.40. The van der Waals surface area contributed by atoms with Gasteiger partial charge in [-0.3, -0.25) is 0 Å². The molecule has 0 saturated carbocycles. The molecule has 38 heavy (non-hydrogen) atoms. The number of hydrogen-bond acceptors (Lipinski definition) is 6. The summed E-state index contributed by atoms with van der Waals surface area (Å²) in [7, 11) is 0. The molecule has 4 aromatic carbocycles. The largest absolute Gasteiger partial charge is 2.00 e. The van der Waals surface area contributed by atoms with E-state index in [-0.39, 0.29) is 19.5 Å². The first-order valence-electron chi connectivity index (χ1n) is 12.4. The SMILES string of the molecule is Oc1ccccc1-c1ccccc1C[C-]1NCCS1.Oc1ccccc1-c1ccccc1[C-]1NCCS1.[Zn+2]. The average molecular weight is 592 g/mol. The number of nitrogens with one attached hydrogen (secondary N) is 2. The van der Waals surface area contributed by atoms with Crippen LogP contribution in [0.25, 0.3) is 22.3 Å². The van der Waals surface area contributed by atoms with Gasteiger partial charge in [-0.15, -0.1) is 24.1 Å². The number of benzene rings is 4. The van der Waals surface area contributed by atoms with Gasteiger partial charge >= 0.3 is 19.5 Å². The van der Waals surface area contributed by atoms with Crippen LogP contribution in [0.4, 0.5) is 0 Å². The van der Waals surface area contributed by atoms with Crippen LogP contribution in [0.15, 0.2) is 97.1 Å². The molecule has 2 heterocycles. The third kappa shape index (κ3) is 6.96. The van der Waals surface area contributed by atoms with Gasteiger partial charge in [-0.1, -0.05) is 77.7 Å². The number of hydrogen-bond donors (Lipinski definition) is 4. The Hall–Kier alpha value is -2.41. The number of rotatable bonds is 5. The van der Waals surface area contributed by atoms with Crippen LogP contribution in [0.3, 0.4) is 0 Å². The van der Waals surface area contributed by atoms with Crippen LogP contribution >= 0.6 is 23.5 Å². The van der Waals surface area contributed by atoms with Crippen molar-refractivity contribution in [1.29, 1.82) is 0 Å². The van der Waals surface area contributed by atoms with Gasteiger partial charge in [-0.25, -0.2) is 0 Å². The monoisotopic (exact) mass is 590 g/mol. The standard InChI is InChI=1S/C16H16NOS.C15H14NOS.Zn/c18-15-8-4-3-7-14(15)13-6-2-1-5-12(13)11-16-17-9-10-19-16;17-14-8-4-3-6-12(14)11-5-1-2-7-13(11)15-16-9-10-18-15;/h1-8,17-18H,9-11H2;1-8,16-17H,9-10H2;/q2*-1;+2. The van der Waals surface area contributed by atoms with Crippen molar-refractivity contribution in [2.24, 2.45) is 0 Å². The summed E-state index contributed by atoms with van der Waals surface area (Å²) < 4.78 is 0. The Morgan fingerprint density at radius 3 is 1.74 bits per heavy atom. The fraction of sp³-hybridized carbons (Fsp3) is 0.161. The molecule has 0 unspecified atom stereocenters. The molecule has 4 nitrogen and oxygen atoms in total. The van der Waals surface area contributed by atoms with Crippen LogP contribution in [-0.4, -0.2) is 34.8 Å². The molecule has 190 valence electrons. The van der Waals surface area contributed by atoms with Crippen LogP contribution < -0.4 is 10.6 Å². The van der Waals surface area contributed by atoms with E-state index in [0.717, 1.165) is 53.3 Å². The Morgan fingerprint density at radius 2 is 1.13 bits per heavy atom. The molecule has 2 fully saturated rings. The molecular weight excluding hydrogens is 562 g/mol. The molecule has 6 rings (SSSR count). The van der Waals surface area contributed by atoms with Crippen molar-refractivity contribution in [3.63, 3.8) is 0 Å². The Morgan fingerprint density at radius 1 is 0.605 bits per heavy atom. The summed E-state index contributed by atoms with van der Waals surface area (Å²) in [6.45, 7) is 2.06. The minimum absolute atomic E-state index is 0.